The molecule has 2 fully saturated rings. The molecule has 0 bridgehead atoms. The zero-order valence-corrected chi connectivity index (χ0v) is 18.9. The largest absolute Gasteiger partial charge is 0.492 e. The van der Waals surface area contributed by atoms with E-state index < -0.39 is 0 Å². The molecule has 2 aliphatic rings. The molecule has 1 aromatic carbocycles. The van der Waals surface area contributed by atoms with Crippen molar-refractivity contribution in [2.24, 2.45) is 4.99 Å². The number of hydrogen-bond acceptors (Lipinski definition) is 5. The molecule has 2 N–H and O–H groups in total. The van der Waals surface area contributed by atoms with Gasteiger partial charge in [-0.05, 0) is 44.4 Å². The van der Waals surface area contributed by atoms with E-state index in [-0.39, 0.29) is 0 Å². The Kier molecular flexibility index (Phi) is 9.24. The van der Waals surface area contributed by atoms with Crippen LogP contribution in [0.25, 0.3) is 0 Å². The lowest BCUT2D eigenvalue weighted by atomic mass is 10.0. The topological polar surface area (TPSA) is 61.4 Å². The number of guanidine groups is 1. The number of nitrogens with zero attached hydrogens (tertiary/aromatic N) is 3. The van der Waals surface area contributed by atoms with Crippen molar-refractivity contribution in [2.75, 3.05) is 59.6 Å². The minimum atomic E-state index is 0.487. The zero-order valence-electron chi connectivity index (χ0n) is 18.9. The third kappa shape index (κ3) is 7.45. The second kappa shape index (κ2) is 12.1. The van der Waals surface area contributed by atoms with Crippen molar-refractivity contribution in [3.8, 4) is 5.75 Å². The third-order valence-corrected chi connectivity index (χ3v) is 5.96. The quantitative estimate of drug-likeness (QED) is 0.498. The first-order valence-corrected chi connectivity index (χ1v) is 11.4. The van der Waals surface area contributed by atoms with Gasteiger partial charge in [-0.15, -0.1) is 0 Å². The summed E-state index contributed by atoms with van der Waals surface area (Å²) in [6.07, 6.45) is 2.32. The van der Waals surface area contributed by atoms with Gasteiger partial charge in [0.2, 0.25) is 0 Å². The molecule has 0 spiro atoms. The highest BCUT2D eigenvalue weighted by Gasteiger charge is 2.21. The number of ether oxygens (including phenoxy) is 2. The van der Waals surface area contributed by atoms with Crippen molar-refractivity contribution in [3.63, 3.8) is 0 Å². The summed E-state index contributed by atoms with van der Waals surface area (Å²) in [6, 6.07) is 9.43. The van der Waals surface area contributed by atoms with Crippen LogP contribution < -0.4 is 15.4 Å². The highest BCUT2D eigenvalue weighted by molar-refractivity contribution is 5.79. The Morgan fingerprint density at radius 3 is 2.67 bits per heavy atom. The number of aliphatic imine (C=N–C) groups is 1. The van der Waals surface area contributed by atoms with Gasteiger partial charge in [0.1, 0.15) is 12.4 Å². The lowest BCUT2D eigenvalue weighted by Crippen LogP contribution is -2.49. The number of rotatable bonds is 8. The first-order valence-electron chi connectivity index (χ1n) is 11.4. The number of morpholine rings is 1. The van der Waals surface area contributed by atoms with Crippen LogP contribution in [0.2, 0.25) is 0 Å². The SMILES string of the molecule is CN=C(NCc1cccc(OCCN2CCOCC2)c1)NC1CCN(C(C)C)CC1. The maximum atomic E-state index is 5.97. The maximum absolute atomic E-state index is 5.97. The molecule has 168 valence electrons. The van der Waals surface area contributed by atoms with Crippen LogP contribution in [-0.2, 0) is 11.3 Å². The molecule has 0 saturated carbocycles. The van der Waals surface area contributed by atoms with Crippen LogP contribution in [0, 0.1) is 0 Å². The van der Waals surface area contributed by atoms with Gasteiger partial charge >= 0.3 is 0 Å². The Bertz CT molecular complexity index is 653. The third-order valence-electron chi connectivity index (χ3n) is 5.96. The Labute approximate surface area is 181 Å². The van der Waals surface area contributed by atoms with E-state index >= 15 is 0 Å². The molecule has 0 atom stereocenters. The Morgan fingerprint density at radius 1 is 1.20 bits per heavy atom. The molecule has 0 unspecified atom stereocenters. The van der Waals surface area contributed by atoms with Gasteiger partial charge in [-0.2, -0.15) is 0 Å². The van der Waals surface area contributed by atoms with Gasteiger partial charge < -0.3 is 25.0 Å². The molecular formula is C23H39N5O2. The summed E-state index contributed by atoms with van der Waals surface area (Å²) < 4.78 is 11.4. The minimum absolute atomic E-state index is 0.487. The first kappa shape index (κ1) is 22.8. The summed E-state index contributed by atoms with van der Waals surface area (Å²) in [4.78, 5) is 9.33. The van der Waals surface area contributed by atoms with E-state index in [2.05, 4.69) is 57.5 Å². The highest BCUT2D eigenvalue weighted by atomic mass is 16.5. The summed E-state index contributed by atoms with van der Waals surface area (Å²) in [7, 11) is 1.84. The van der Waals surface area contributed by atoms with Crippen molar-refractivity contribution in [1.29, 1.82) is 0 Å². The van der Waals surface area contributed by atoms with Gasteiger partial charge in [0, 0.05) is 58.4 Å². The number of hydrogen-bond donors (Lipinski definition) is 2. The fourth-order valence-corrected chi connectivity index (χ4v) is 4.00. The minimum Gasteiger partial charge on any atom is -0.492 e. The number of piperidine rings is 1. The number of likely N-dealkylation sites (tertiary alicyclic amines) is 1. The predicted octanol–water partition coefficient (Wildman–Crippen LogP) is 1.94. The molecule has 2 saturated heterocycles. The molecule has 7 nitrogen and oxygen atoms in total. The van der Waals surface area contributed by atoms with E-state index in [1.807, 2.05) is 13.1 Å². The lowest BCUT2D eigenvalue weighted by Gasteiger charge is -2.35. The second-order valence-electron chi connectivity index (χ2n) is 8.42. The monoisotopic (exact) mass is 417 g/mol. The molecule has 0 radical (unpaired) electrons. The summed E-state index contributed by atoms with van der Waals surface area (Å²) in [5, 5.41) is 7.04. The van der Waals surface area contributed by atoms with Crippen LogP contribution in [0.15, 0.2) is 29.3 Å². The molecule has 1 aromatic rings. The van der Waals surface area contributed by atoms with E-state index in [0.29, 0.717) is 18.7 Å². The smallest absolute Gasteiger partial charge is 0.191 e. The van der Waals surface area contributed by atoms with E-state index in [0.717, 1.165) is 77.0 Å². The standard InChI is InChI=1S/C23H39N5O2/c1-19(2)28-9-7-21(8-10-28)26-23(24-3)25-18-20-5-4-6-22(17-20)30-16-13-27-11-14-29-15-12-27/h4-6,17,19,21H,7-16,18H2,1-3H3,(H2,24,25,26). The molecule has 0 aliphatic carbocycles. The molecule has 30 heavy (non-hydrogen) atoms. The van der Waals surface area contributed by atoms with Gasteiger partial charge in [-0.1, -0.05) is 12.1 Å². The van der Waals surface area contributed by atoms with Gasteiger partial charge in [0.05, 0.1) is 13.2 Å². The van der Waals surface area contributed by atoms with Crippen LogP contribution >= 0.6 is 0 Å². The molecule has 0 amide bonds. The average molecular weight is 418 g/mol. The molecule has 3 rings (SSSR count). The fraction of sp³-hybridized carbons (Fsp3) is 0.696. The van der Waals surface area contributed by atoms with Crippen molar-refractivity contribution in [3.05, 3.63) is 29.8 Å². The van der Waals surface area contributed by atoms with Crippen LogP contribution in [-0.4, -0.2) is 87.4 Å². The number of benzene rings is 1. The van der Waals surface area contributed by atoms with Gasteiger partial charge in [0.25, 0.3) is 0 Å². The second-order valence-corrected chi connectivity index (χ2v) is 8.42. The summed E-state index contributed by atoms with van der Waals surface area (Å²) in [5.41, 5.74) is 1.19. The first-order chi connectivity index (χ1) is 14.6. The van der Waals surface area contributed by atoms with E-state index in [9.17, 15) is 0 Å². The van der Waals surface area contributed by atoms with Crippen molar-refractivity contribution < 1.29 is 9.47 Å². The molecular weight excluding hydrogens is 378 g/mol. The zero-order chi connectivity index (χ0) is 21.2. The van der Waals surface area contributed by atoms with Crippen LogP contribution in [0.5, 0.6) is 5.75 Å². The van der Waals surface area contributed by atoms with Crippen molar-refractivity contribution in [1.82, 2.24) is 20.4 Å². The predicted molar refractivity (Wildman–Crippen MR) is 122 cm³/mol. The van der Waals surface area contributed by atoms with Crippen LogP contribution in [0.1, 0.15) is 32.3 Å². The Balaban J connectivity index is 1.39. The highest BCUT2D eigenvalue weighted by Crippen LogP contribution is 2.14. The van der Waals surface area contributed by atoms with Gasteiger partial charge in [-0.3, -0.25) is 9.89 Å². The molecule has 7 heteroatoms. The van der Waals surface area contributed by atoms with E-state index in [4.69, 9.17) is 9.47 Å². The van der Waals surface area contributed by atoms with Crippen molar-refractivity contribution >= 4 is 5.96 Å². The van der Waals surface area contributed by atoms with Gasteiger partial charge in [0.15, 0.2) is 5.96 Å². The summed E-state index contributed by atoms with van der Waals surface area (Å²) in [5.74, 6) is 1.79. The van der Waals surface area contributed by atoms with E-state index in [1.165, 1.54) is 5.56 Å². The summed E-state index contributed by atoms with van der Waals surface area (Å²) in [6.45, 7) is 12.9. The maximum Gasteiger partial charge on any atom is 0.191 e. The normalized spacial score (nSPS) is 19.8. The number of nitrogens with one attached hydrogen (secondary N) is 2. The van der Waals surface area contributed by atoms with Crippen LogP contribution in [0.3, 0.4) is 0 Å². The fourth-order valence-electron chi connectivity index (χ4n) is 4.00. The lowest BCUT2D eigenvalue weighted by molar-refractivity contribution is 0.0322. The Hall–Kier alpha value is -1.83. The molecule has 2 aliphatic heterocycles. The van der Waals surface area contributed by atoms with E-state index in [1.54, 1.807) is 0 Å². The van der Waals surface area contributed by atoms with Crippen LogP contribution in [0.4, 0.5) is 0 Å². The molecule has 0 aromatic heterocycles. The van der Waals surface area contributed by atoms with Crippen molar-refractivity contribution in [2.45, 2.75) is 45.3 Å². The summed E-state index contributed by atoms with van der Waals surface area (Å²) >= 11 is 0. The van der Waals surface area contributed by atoms with Gasteiger partial charge in [-0.25, -0.2) is 0 Å². The Morgan fingerprint density at radius 2 is 1.97 bits per heavy atom. The molecule has 2 heterocycles. The average Bonchev–Trinajstić information content (AvgIpc) is 2.78.